The fraction of sp³-hybridized carbons (Fsp3) is 0. The monoisotopic (exact) mass is 262 g/mol. The second-order valence-electron chi connectivity index (χ2n) is 3.25. The highest BCUT2D eigenvalue weighted by molar-refractivity contribution is 7.18. The van der Waals surface area contributed by atoms with Gasteiger partial charge in [-0.3, -0.25) is 4.79 Å². The molecule has 0 aliphatic carbocycles. The van der Waals surface area contributed by atoms with Gasteiger partial charge in [0.15, 0.2) is 0 Å². The molecule has 0 aliphatic rings. The first-order valence-electron chi connectivity index (χ1n) is 4.76. The first-order valence-corrected chi connectivity index (χ1v) is 5.95. The number of carbonyl (C=O) groups is 1. The summed E-state index contributed by atoms with van der Waals surface area (Å²) in [7, 11) is 0. The Kier molecular flexibility index (Phi) is 3.43. The summed E-state index contributed by atoms with van der Waals surface area (Å²) >= 11 is 6.97. The Bertz CT molecular complexity index is 583. The fourth-order valence-corrected chi connectivity index (χ4v) is 2.20. The van der Waals surface area contributed by atoms with Gasteiger partial charge in [0.25, 0.3) is 5.91 Å². The van der Waals surface area contributed by atoms with Gasteiger partial charge in [-0.1, -0.05) is 11.6 Å². The quantitative estimate of drug-likeness (QED) is 0.900. The Morgan fingerprint density at radius 2 is 1.94 bits per heavy atom. The SMILES string of the molecule is N#Cc1ccc(NC(=O)c2ccc(Cl)s2)cc1. The second kappa shape index (κ2) is 5.00. The average molecular weight is 263 g/mol. The van der Waals surface area contributed by atoms with Crippen LogP contribution in [0, 0.1) is 11.3 Å². The van der Waals surface area contributed by atoms with Crippen molar-refractivity contribution in [3.8, 4) is 6.07 Å². The molecule has 17 heavy (non-hydrogen) atoms. The molecule has 1 amide bonds. The molecule has 0 saturated heterocycles. The summed E-state index contributed by atoms with van der Waals surface area (Å²) in [6.45, 7) is 0. The largest absolute Gasteiger partial charge is 0.321 e. The van der Waals surface area contributed by atoms with Crippen LogP contribution in [0.1, 0.15) is 15.2 Å². The predicted molar refractivity (Wildman–Crippen MR) is 68.4 cm³/mol. The number of nitrogens with zero attached hydrogens (tertiary/aromatic N) is 1. The molecular weight excluding hydrogens is 256 g/mol. The van der Waals surface area contributed by atoms with Crippen molar-refractivity contribution >= 4 is 34.5 Å². The number of anilines is 1. The van der Waals surface area contributed by atoms with Crippen molar-refractivity contribution in [1.82, 2.24) is 0 Å². The van der Waals surface area contributed by atoms with Crippen LogP contribution >= 0.6 is 22.9 Å². The van der Waals surface area contributed by atoms with Crippen LogP contribution in [0.5, 0.6) is 0 Å². The number of hydrogen-bond acceptors (Lipinski definition) is 3. The van der Waals surface area contributed by atoms with Gasteiger partial charge in [-0.05, 0) is 36.4 Å². The minimum atomic E-state index is -0.202. The molecule has 2 aromatic rings. The third kappa shape index (κ3) is 2.84. The van der Waals surface area contributed by atoms with Crippen molar-refractivity contribution in [2.24, 2.45) is 0 Å². The molecule has 1 heterocycles. The number of hydrogen-bond donors (Lipinski definition) is 1. The molecule has 0 spiro atoms. The van der Waals surface area contributed by atoms with E-state index in [9.17, 15) is 4.79 Å². The van der Waals surface area contributed by atoms with E-state index in [0.717, 1.165) is 0 Å². The van der Waals surface area contributed by atoms with Crippen molar-refractivity contribution in [3.63, 3.8) is 0 Å². The van der Waals surface area contributed by atoms with E-state index in [1.165, 1.54) is 11.3 Å². The molecule has 0 saturated carbocycles. The number of halogens is 1. The van der Waals surface area contributed by atoms with E-state index in [1.807, 2.05) is 6.07 Å². The summed E-state index contributed by atoms with van der Waals surface area (Å²) < 4.78 is 0.579. The summed E-state index contributed by atoms with van der Waals surface area (Å²) in [6.07, 6.45) is 0. The van der Waals surface area contributed by atoms with Crippen molar-refractivity contribution < 1.29 is 4.79 Å². The lowest BCUT2D eigenvalue weighted by Crippen LogP contribution is -2.09. The summed E-state index contributed by atoms with van der Waals surface area (Å²) in [5.74, 6) is -0.202. The Morgan fingerprint density at radius 1 is 1.24 bits per heavy atom. The molecule has 0 bridgehead atoms. The normalized spacial score (nSPS) is 9.65. The van der Waals surface area contributed by atoms with Gasteiger partial charge >= 0.3 is 0 Å². The minimum Gasteiger partial charge on any atom is -0.321 e. The zero-order chi connectivity index (χ0) is 12.3. The predicted octanol–water partition coefficient (Wildman–Crippen LogP) is 3.53. The Balaban J connectivity index is 2.11. The number of nitrogens with one attached hydrogen (secondary N) is 1. The number of rotatable bonds is 2. The molecule has 0 radical (unpaired) electrons. The topological polar surface area (TPSA) is 52.9 Å². The first-order chi connectivity index (χ1) is 8.19. The zero-order valence-electron chi connectivity index (χ0n) is 8.61. The maximum Gasteiger partial charge on any atom is 0.265 e. The van der Waals surface area contributed by atoms with Crippen LogP contribution in [-0.4, -0.2) is 5.91 Å². The van der Waals surface area contributed by atoms with Gasteiger partial charge in [0.05, 0.1) is 20.8 Å². The van der Waals surface area contributed by atoms with Crippen LogP contribution in [0.4, 0.5) is 5.69 Å². The number of carbonyl (C=O) groups excluding carboxylic acids is 1. The molecule has 0 unspecified atom stereocenters. The summed E-state index contributed by atoms with van der Waals surface area (Å²) in [5.41, 5.74) is 1.21. The van der Waals surface area contributed by atoms with E-state index in [1.54, 1.807) is 36.4 Å². The van der Waals surface area contributed by atoms with E-state index in [-0.39, 0.29) is 5.91 Å². The molecule has 3 nitrogen and oxygen atoms in total. The Morgan fingerprint density at radius 3 is 2.47 bits per heavy atom. The molecule has 0 aliphatic heterocycles. The Labute approximate surface area is 107 Å². The molecule has 2 rings (SSSR count). The van der Waals surface area contributed by atoms with Gasteiger partial charge in [0, 0.05) is 5.69 Å². The highest BCUT2D eigenvalue weighted by Crippen LogP contribution is 2.22. The van der Waals surface area contributed by atoms with Crippen LogP contribution in [0.2, 0.25) is 4.34 Å². The average Bonchev–Trinajstić information content (AvgIpc) is 2.77. The van der Waals surface area contributed by atoms with E-state index in [4.69, 9.17) is 16.9 Å². The van der Waals surface area contributed by atoms with Gasteiger partial charge in [0.2, 0.25) is 0 Å². The molecule has 84 valence electrons. The van der Waals surface area contributed by atoms with Gasteiger partial charge in [-0.15, -0.1) is 11.3 Å². The number of nitriles is 1. The van der Waals surface area contributed by atoms with Gasteiger partial charge in [-0.25, -0.2) is 0 Å². The van der Waals surface area contributed by atoms with E-state index < -0.39 is 0 Å². The Hall–Kier alpha value is -1.83. The molecule has 5 heteroatoms. The highest BCUT2D eigenvalue weighted by atomic mass is 35.5. The molecular formula is C12H7ClN2OS. The first kappa shape index (κ1) is 11.6. The van der Waals surface area contributed by atoms with Gasteiger partial charge < -0.3 is 5.32 Å². The summed E-state index contributed by atoms with van der Waals surface area (Å²) in [5, 5.41) is 11.4. The third-order valence-corrected chi connectivity index (χ3v) is 3.30. The standard InChI is InChI=1S/C12H7ClN2OS/c13-11-6-5-10(17-11)12(16)15-9-3-1-8(7-14)2-4-9/h1-6H,(H,15,16). The van der Waals surface area contributed by atoms with E-state index in [0.29, 0.717) is 20.5 Å². The maximum absolute atomic E-state index is 11.8. The van der Waals surface area contributed by atoms with Gasteiger partial charge in [-0.2, -0.15) is 5.26 Å². The minimum absolute atomic E-state index is 0.202. The van der Waals surface area contributed by atoms with Crippen LogP contribution in [-0.2, 0) is 0 Å². The van der Waals surface area contributed by atoms with E-state index in [2.05, 4.69) is 5.32 Å². The van der Waals surface area contributed by atoms with Crippen LogP contribution in [0.3, 0.4) is 0 Å². The molecule has 1 aromatic carbocycles. The fourth-order valence-electron chi connectivity index (χ4n) is 1.26. The lowest BCUT2D eigenvalue weighted by molar-refractivity contribution is 0.103. The van der Waals surface area contributed by atoms with Crippen molar-refractivity contribution in [1.29, 1.82) is 5.26 Å². The molecule has 1 aromatic heterocycles. The maximum atomic E-state index is 11.8. The molecule has 0 fully saturated rings. The van der Waals surface area contributed by atoms with Crippen LogP contribution in [0.25, 0.3) is 0 Å². The number of benzene rings is 1. The van der Waals surface area contributed by atoms with Crippen LogP contribution in [0.15, 0.2) is 36.4 Å². The summed E-state index contributed by atoms with van der Waals surface area (Å²) in [6, 6.07) is 12.0. The highest BCUT2D eigenvalue weighted by Gasteiger charge is 2.08. The lowest BCUT2D eigenvalue weighted by atomic mass is 10.2. The van der Waals surface area contributed by atoms with Gasteiger partial charge in [0.1, 0.15) is 0 Å². The van der Waals surface area contributed by atoms with Crippen molar-refractivity contribution in [3.05, 3.63) is 51.2 Å². The van der Waals surface area contributed by atoms with Crippen molar-refractivity contribution in [2.75, 3.05) is 5.32 Å². The third-order valence-electron chi connectivity index (χ3n) is 2.07. The van der Waals surface area contributed by atoms with Crippen LogP contribution < -0.4 is 5.32 Å². The zero-order valence-corrected chi connectivity index (χ0v) is 10.2. The number of amides is 1. The summed E-state index contributed by atoms with van der Waals surface area (Å²) in [4.78, 5) is 12.3. The van der Waals surface area contributed by atoms with Crippen molar-refractivity contribution in [2.45, 2.75) is 0 Å². The molecule has 0 atom stereocenters. The smallest absolute Gasteiger partial charge is 0.265 e. The number of thiophene rings is 1. The van der Waals surface area contributed by atoms with E-state index >= 15 is 0 Å². The molecule has 1 N–H and O–H groups in total. The second-order valence-corrected chi connectivity index (χ2v) is 4.96. The lowest BCUT2D eigenvalue weighted by Gasteiger charge is -2.02.